The molecular formula is C18H27N3O2. The molecule has 23 heavy (non-hydrogen) atoms. The van der Waals surface area contributed by atoms with Crippen LogP contribution in [0, 0.1) is 0 Å². The van der Waals surface area contributed by atoms with E-state index in [9.17, 15) is 9.59 Å². The highest BCUT2D eigenvalue weighted by Gasteiger charge is 2.34. The summed E-state index contributed by atoms with van der Waals surface area (Å²) < 4.78 is 0. The topological polar surface area (TPSA) is 52.7 Å². The summed E-state index contributed by atoms with van der Waals surface area (Å²) in [6.45, 7) is 6.09. The first-order valence-electron chi connectivity index (χ1n) is 8.32. The van der Waals surface area contributed by atoms with E-state index in [1.165, 1.54) is 5.56 Å². The van der Waals surface area contributed by atoms with Crippen molar-refractivity contribution >= 4 is 11.8 Å². The van der Waals surface area contributed by atoms with Crippen LogP contribution in [0.15, 0.2) is 30.3 Å². The Hall–Kier alpha value is -1.88. The number of likely N-dealkylation sites (N-methyl/N-ethyl adjacent to an activating group) is 1. The number of benzene rings is 1. The second kappa shape index (κ2) is 8.11. The van der Waals surface area contributed by atoms with Gasteiger partial charge in [0.25, 0.3) is 0 Å². The van der Waals surface area contributed by atoms with Crippen LogP contribution in [0.25, 0.3) is 0 Å². The zero-order valence-corrected chi connectivity index (χ0v) is 14.3. The summed E-state index contributed by atoms with van der Waals surface area (Å²) in [6.07, 6.45) is 1.24. The molecule has 0 radical (unpaired) electrons. The van der Waals surface area contributed by atoms with Crippen molar-refractivity contribution in [3.63, 3.8) is 0 Å². The number of carbonyl (C=O) groups is 2. The minimum absolute atomic E-state index is 0.0146. The molecule has 126 valence electrons. The molecule has 0 aromatic heterocycles. The molecule has 5 heteroatoms. The molecule has 0 aliphatic carbocycles. The standard InChI is InChI=1S/C18H27N3O2/c1-14(2)21-12-11-20(13-16(21)18(23)19-3)17(22)10-9-15-7-5-4-6-8-15/h4-8,14,16H,9-13H2,1-3H3,(H,19,23)/t16-/m1/s1. The van der Waals surface area contributed by atoms with E-state index in [1.807, 2.05) is 35.2 Å². The number of rotatable bonds is 5. The number of nitrogens with one attached hydrogen (secondary N) is 1. The molecule has 1 N–H and O–H groups in total. The van der Waals surface area contributed by atoms with Crippen molar-refractivity contribution in [1.82, 2.24) is 15.1 Å². The highest BCUT2D eigenvalue weighted by atomic mass is 16.2. The minimum atomic E-state index is -0.255. The van der Waals surface area contributed by atoms with Crippen molar-refractivity contribution in [3.05, 3.63) is 35.9 Å². The summed E-state index contributed by atoms with van der Waals surface area (Å²) in [5.41, 5.74) is 1.17. The van der Waals surface area contributed by atoms with Crippen LogP contribution in [-0.2, 0) is 16.0 Å². The number of piperazine rings is 1. The van der Waals surface area contributed by atoms with Gasteiger partial charge in [0.2, 0.25) is 11.8 Å². The lowest BCUT2D eigenvalue weighted by atomic mass is 10.1. The number of hydrogen-bond donors (Lipinski definition) is 1. The molecule has 1 heterocycles. The number of carbonyl (C=O) groups excluding carboxylic acids is 2. The van der Waals surface area contributed by atoms with Crippen LogP contribution < -0.4 is 5.32 Å². The first-order valence-corrected chi connectivity index (χ1v) is 8.32. The number of amides is 2. The Morgan fingerprint density at radius 1 is 1.22 bits per heavy atom. The fourth-order valence-electron chi connectivity index (χ4n) is 3.10. The Morgan fingerprint density at radius 3 is 2.52 bits per heavy atom. The molecule has 1 fully saturated rings. The molecular weight excluding hydrogens is 290 g/mol. The molecule has 1 atom stereocenters. The van der Waals surface area contributed by atoms with Crippen LogP contribution in [0.4, 0.5) is 0 Å². The summed E-state index contributed by atoms with van der Waals surface area (Å²) in [7, 11) is 1.65. The maximum absolute atomic E-state index is 12.5. The van der Waals surface area contributed by atoms with E-state index in [-0.39, 0.29) is 17.9 Å². The third-order valence-corrected chi connectivity index (χ3v) is 4.46. The fraction of sp³-hybridized carbons (Fsp3) is 0.556. The van der Waals surface area contributed by atoms with Gasteiger partial charge in [-0.3, -0.25) is 14.5 Å². The molecule has 1 aliphatic rings. The maximum atomic E-state index is 12.5. The number of nitrogens with zero attached hydrogens (tertiary/aromatic N) is 2. The Morgan fingerprint density at radius 2 is 1.91 bits per heavy atom. The van der Waals surface area contributed by atoms with Crippen molar-refractivity contribution in [1.29, 1.82) is 0 Å². The van der Waals surface area contributed by atoms with Crippen molar-refractivity contribution in [2.24, 2.45) is 0 Å². The van der Waals surface area contributed by atoms with Gasteiger partial charge in [-0.2, -0.15) is 0 Å². The summed E-state index contributed by atoms with van der Waals surface area (Å²) in [5.74, 6) is 0.116. The van der Waals surface area contributed by atoms with E-state index < -0.39 is 0 Å². The maximum Gasteiger partial charge on any atom is 0.238 e. The van der Waals surface area contributed by atoms with Gasteiger partial charge in [-0.05, 0) is 25.8 Å². The molecule has 2 rings (SSSR count). The zero-order valence-electron chi connectivity index (χ0n) is 14.3. The highest BCUT2D eigenvalue weighted by molar-refractivity contribution is 5.83. The molecule has 0 unspecified atom stereocenters. The van der Waals surface area contributed by atoms with Gasteiger partial charge in [0.05, 0.1) is 0 Å². The predicted octanol–water partition coefficient (Wildman–Crippen LogP) is 1.29. The Labute approximate surface area is 138 Å². The van der Waals surface area contributed by atoms with Crippen LogP contribution in [0.2, 0.25) is 0 Å². The fourth-order valence-corrected chi connectivity index (χ4v) is 3.10. The van der Waals surface area contributed by atoms with Gasteiger partial charge < -0.3 is 10.2 Å². The van der Waals surface area contributed by atoms with Crippen molar-refractivity contribution < 1.29 is 9.59 Å². The zero-order chi connectivity index (χ0) is 16.8. The van der Waals surface area contributed by atoms with E-state index in [4.69, 9.17) is 0 Å². The molecule has 0 spiro atoms. The van der Waals surface area contributed by atoms with Gasteiger partial charge in [-0.15, -0.1) is 0 Å². The van der Waals surface area contributed by atoms with Crippen molar-refractivity contribution in [3.8, 4) is 0 Å². The van der Waals surface area contributed by atoms with Crippen molar-refractivity contribution in [2.45, 2.75) is 38.8 Å². The lowest BCUT2D eigenvalue weighted by Gasteiger charge is -2.42. The highest BCUT2D eigenvalue weighted by Crippen LogP contribution is 2.15. The van der Waals surface area contributed by atoms with Crippen molar-refractivity contribution in [2.75, 3.05) is 26.7 Å². The molecule has 1 saturated heterocycles. The Bertz CT molecular complexity index is 530. The van der Waals surface area contributed by atoms with Gasteiger partial charge in [0.1, 0.15) is 6.04 Å². The van der Waals surface area contributed by atoms with E-state index >= 15 is 0 Å². The van der Waals surface area contributed by atoms with E-state index in [0.717, 1.165) is 13.0 Å². The van der Waals surface area contributed by atoms with Gasteiger partial charge in [0.15, 0.2) is 0 Å². The number of aryl methyl sites for hydroxylation is 1. The first-order chi connectivity index (χ1) is 11.0. The van der Waals surface area contributed by atoms with Crippen LogP contribution >= 0.6 is 0 Å². The summed E-state index contributed by atoms with van der Waals surface area (Å²) in [6, 6.07) is 10.1. The van der Waals surface area contributed by atoms with Gasteiger partial charge in [-0.1, -0.05) is 30.3 Å². The summed E-state index contributed by atoms with van der Waals surface area (Å²) >= 11 is 0. The molecule has 0 saturated carbocycles. The van der Waals surface area contributed by atoms with Crippen LogP contribution in [-0.4, -0.2) is 60.4 Å². The monoisotopic (exact) mass is 317 g/mol. The number of hydrogen-bond acceptors (Lipinski definition) is 3. The third kappa shape index (κ3) is 4.55. The summed E-state index contributed by atoms with van der Waals surface area (Å²) in [4.78, 5) is 28.6. The minimum Gasteiger partial charge on any atom is -0.358 e. The summed E-state index contributed by atoms with van der Waals surface area (Å²) in [5, 5.41) is 2.72. The molecule has 5 nitrogen and oxygen atoms in total. The molecule has 0 bridgehead atoms. The normalized spacial score (nSPS) is 19.0. The molecule has 2 amide bonds. The predicted molar refractivity (Wildman–Crippen MR) is 91.0 cm³/mol. The first kappa shape index (κ1) is 17.5. The van der Waals surface area contributed by atoms with E-state index in [1.54, 1.807) is 7.05 Å². The van der Waals surface area contributed by atoms with E-state index in [0.29, 0.717) is 25.6 Å². The Balaban J connectivity index is 1.95. The van der Waals surface area contributed by atoms with Crippen LogP contribution in [0.5, 0.6) is 0 Å². The quantitative estimate of drug-likeness (QED) is 0.890. The Kier molecular flexibility index (Phi) is 6.16. The van der Waals surface area contributed by atoms with E-state index in [2.05, 4.69) is 24.1 Å². The largest absolute Gasteiger partial charge is 0.358 e. The van der Waals surface area contributed by atoms with Gasteiger partial charge in [0, 0.05) is 39.1 Å². The van der Waals surface area contributed by atoms with Crippen LogP contribution in [0.1, 0.15) is 25.8 Å². The van der Waals surface area contributed by atoms with Crippen LogP contribution in [0.3, 0.4) is 0 Å². The average molecular weight is 317 g/mol. The lowest BCUT2D eigenvalue weighted by molar-refractivity contribution is -0.138. The second-order valence-corrected chi connectivity index (χ2v) is 6.29. The average Bonchev–Trinajstić information content (AvgIpc) is 2.59. The third-order valence-electron chi connectivity index (χ3n) is 4.46. The molecule has 1 aliphatic heterocycles. The SMILES string of the molecule is CNC(=O)[C@H]1CN(C(=O)CCc2ccccc2)CCN1C(C)C. The second-order valence-electron chi connectivity index (χ2n) is 6.29. The molecule has 1 aromatic carbocycles. The lowest BCUT2D eigenvalue weighted by Crippen LogP contribution is -2.61. The smallest absolute Gasteiger partial charge is 0.238 e. The van der Waals surface area contributed by atoms with Gasteiger partial charge >= 0.3 is 0 Å². The van der Waals surface area contributed by atoms with Gasteiger partial charge in [-0.25, -0.2) is 0 Å². The molecule has 1 aromatic rings.